The molecule has 1 fully saturated rings. The van der Waals surface area contributed by atoms with Gasteiger partial charge in [-0.2, -0.15) is 0 Å². The molecule has 1 aliphatic heterocycles. The second-order valence-electron chi connectivity index (χ2n) is 9.56. The Kier molecular flexibility index (Phi) is 7.19. The molecular formula is C24H34F3N5O. The van der Waals surface area contributed by atoms with Crippen LogP contribution in [0.15, 0.2) is 40.5 Å². The lowest BCUT2D eigenvalue weighted by atomic mass is 9.86. The molecule has 0 radical (unpaired) electrons. The van der Waals surface area contributed by atoms with Gasteiger partial charge < -0.3 is 26.4 Å². The lowest BCUT2D eigenvalue weighted by molar-refractivity contribution is -0.274. The van der Waals surface area contributed by atoms with Crippen LogP contribution in [0.1, 0.15) is 63.9 Å². The van der Waals surface area contributed by atoms with Gasteiger partial charge in [0.2, 0.25) is 0 Å². The minimum Gasteiger partial charge on any atom is -0.405 e. The fraction of sp³-hybridized carbons (Fsp3) is 0.625. The number of nitrogens with two attached hydrogens (primary N) is 1. The molecule has 1 atom stereocenters. The van der Waals surface area contributed by atoms with E-state index in [0.717, 1.165) is 51.0 Å². The Bertz CT molecular complexity index is 888. The predicted molar refractivity (Wildman–Crippen MR) is 122 cm³/mol. The van der Waals surface area contributed by atoms with Crippen molar-refractivity contribution in [3.63, 3.8) is 0 Å². The number of alkyl halides is 3. The van der Waals surface area contributed by atoms with Crippen molar-refractivity contribution in [3.8, 4) is 5.75 Å². The smallest absolute Gasteiger partial charge is 0.405 e. The van der Waals surface area contributed by atoms with E-state index in [9.17, 15) is 13.2 Å². The van der Waals surface area contributed by atoms with Gasteiger partial charge in [0.15, 0.2) is 5.96 Å². The summed E-state index contributed by atoms with van der Waals surface area (Å²) in [4.78, 5) is 4.93. The molecule has 5 N–H and O–H groups in total. The molecule has 1 saturated carbocycles. The zero-order valence-electron chi connectivity index (χ0n) is 19.1. The van der Waals surface area contributed by atoms with E-state index in [1.54, 1.807) is 18.2 Å². The van der Waals surface area contributed by atoms with Crippen molar-refractivity contribution in [2.75, 3.05) is 6.54 Å². The van der Waals surface area contributed by atoms with Crippen LogP contribution in [0.4, 0.5) is 13.2 Å². The third kappa shape index (κ3) is 6.41. The number of hydrogen-bond donors (Lipinski definition) is 4. The van der Waals surface area contributed by atoms with Crippen LogP contribution in [0.5, 0.6) is 5.75 Å². The van der Waals surface area contributed by atoms with Crippen molar-refractivity contribution in [3.05, 3.63) is 41.1 Å². The van der Waals surface area contributed by atoms with Gasteiger partial charge in [0, 0.05) is 17.8 Å². The first-order chi connectivity index (χ1) is 15.7. The Morgan fingerprint density at radius 3 is 2.64 bits per heavy atom. The summed E-state index contributed by atoms with van der Waals surface area (Å²) in [6, 6.07) is 6.52. The van der Waals surface area contributed by atoms with Gasteiger partial charge in [-0.15, -0.1) is 13.2 Å². The minimum absolute atomic E-state index is 0.146. The van der Waals surface area contributed by atoms with Gasteiger partial charge in [-0.1, -0.05) is 18.2 Å². The van der Waals surface area contributed by atoms with Crippen molar-refractivity contribution in [1.82, 2.24) is 16.0 Å². The van der Waals surface area contributed by atoms with Crippen molar-refractivity contribution in [2.45, 2.75) is 82.9 Å². The maximum Gasteiger partial charge on any atom is 0.573 e. The monoisotopic (exact) mass is 465 g/mol. The molecule has 0 saturated heterocycles. The molecule has 0 spiro atoms. The highest BCUT2D eigenvalue weighted by Crippen LogP contribution is 2.32. The lowest BCUT2D eigenvalue weighted by Crippen LogP contribution is -2.62. The molecular weight excluding hydrogens is 431 g/mol. The van der Waals surface area contributed by atoms with Crippen LogP contribution < -0.4 is 26.4 Å². The molecule has 1 unspecified atom stereocenters. The summed E-state index contributed by atoms with van der Waals surface area (Å²) in [6.07, 6.45) is 3.76. The molecule has 6 nitrogen and oxygen atoms in total. The van der Waals surface area contributed by atoms with Crippen LogP contribution in [-0.4, -0.2) is 30.6 Å². The van der Waals surface area contributed by atoms with Gasteiger partial charge >= 0.3 is 6.36 Å². The fourth-order valence-electron chi connectivity index (χ4n) is 5.12. The third-order valence-corrected chi connectivity index (χ3v) is 6.82. The summed E-state index contributed by atoms with van der Waals surface area (Å²) in [5.41, 5.74) is 8.99. The topological polar surface area (TPSA) is 83.7 Å². The van der Waals surface area contributed by atoms with Gasteiger partial charge in [0.25, 0.3) is 0 Å². The fourth-order valence-corrected chi connectivity index (χ4v) is 5.12. The van der Waals surface area contributed by atoms with Crippen molar-refractivity contribution in [2.24, 2.45) is 16.6 Å². The second kappa shape index (κ2) is 9.93. The molecule has 33 heavy (non-hydrogen) atoms. The number of benzene rings is 1. The Balaban J connectivity index is 1.25. The number of aliphatic imine (C=N–C) groups is 1. The zero-order valence-corrected chi connectivity index (χ0v) is 19.1. The van der Waals surface area contributed by atoms with E-state index < -0.39 is 12.0 Å². The van der Waals surface area contributed by atoms with E-state index in [2.05, 4.69) is 20.7 Å². The van der Waals surface area contributed by atoms with Crippen molar-refractivity contribution >= 4 is 5.96 Å². The van der Waals surface area contributed by atoms with Gasteiger partial charge in [0.05, 0.1) is 6.04 Å². The number of halogens is 3. The zero-order chi connectivity index (χ0) is 23.5. The first-order valence-electron chi connectivity index (χ1n) is 11.9. The number of guanidine groups is 1. The van der Waals surface area contributed by atoms with Gasteiger partial charge in [-0.05, 0) is 82.4 Å². The maximum atomic E-state index is 12.6. The number of nitrogens with one attached hydrogen (secondary N) is 3. The van der Waals surface area contributed by atoms with E-state index in [-0.39, 0.29) is 11.8 Å². The standard InChI is InChI=1S/C24H34F3N5O/c1-23(28)19-7-3-4-8-20(19)31-22(32-23)30-18-12-10-16(11-13-18)14-29-15-17-6-2-5-9-21(17)33-24(25,26)27/h2,5-6,9,16,18,29H,3-4,7-8,10-15,28H2,1H3,(H2,30,31,32). The van der Waals surface area contributed by atoms with Crippen molar-refractivity contribution < 1.29 is 17.9 Å². The molecule has 0 bridgehead atoms. The summed E-state index contributed by atoms with van der Waals surface area (Å²) < 4.78 is 41.9. The summed E-state index contributed by atoms with van der Waals surface area (Å²) >= 11 is 0. The highest BCUT2D eigenvalue weighted by atomic mass is 19.4. The van der Waals surface area contributed by atoms with E-state index >= 15 is 0 Å². The Hall–Kier alpha value is -2.26. The van der Waals surface area contributed by atoms with Crippen LogP contribution in [0.25, 0.3) is 0 Å². The summed E-state index contributed by atoms with van der Waals surface area (Å²) in [5, 5.41) is 10.2. The first-order valence-corrected chi connectivity index (χ1v) is 11.9. The van der Waals surface area contributed by atoms with Crippen molar-refractivity contribution in [1.29, 1.82) is 0 Å². The van der Waals surface area contributed by atoms with Crippen LogP contribution in [0.2, 0.25) is 0 Å². The number of para-hydroxylation sites is 1. The first kappa shape index (κ1) is 23.9. The Labute approximate surface area is 193 Å². The minimum atomic E-state index is -4.69. The molecule has 1 heterocycles. The highest BCUT2D eigenvalue weighted by molar-refractivity contribution is 5.84. The van der Waals surface area contributed by atoms with Crippen LogP contribution in [0.3, 0.4) is 0 Å². The average Bonchev–Trinajstić information content (AvgIpc) is 2.75. The normalized spacial score (nSPS) is 29.3. The van der Waals surface area contributed by atoms with Crippen LogP contribution in [-0.2, 0) is 6.54 Å². The lowest BCUT2D eigenvalue weighted by Gasteiger charge is -2.40. The highest BCUT2D eigenvalue weighted by Gasteiger charge is 2.35. The molecule has 182 valence electrons. The van der Waals surface area contributed by atoms with Gasteiger partial charge in [-0.25, -0.2) is 4.99 Å². The van der Waals surface area contributed by atoms with Gasteiger partial charge in [0.1, 0.15) is 11.4 Å². The molecule has 4 rings (SSSR count). The SMILES string of the molecule is CC1(N)NC(=NC2CCC(CNCc3ccccc3OC(F)(F)F)CC2)NC2=C1CCCC2. The number of allylic oxidation sites excluding steroid dienone is 1. The van der Waals surface area contributed by atoms with Crippen LogP contribution >= 0.6 is 0 Å². The molecule has 0 aromatic heterocycles. The van der Waals surface area contributed by atoms with E-state index in [0.29, 0.717) is 18.0 Å². The molecule has 9 heteroatoms. The Morgan fingerprint density at radius 2 is 1.88 bits per heavy atom. The third-order valence-electron chi connectivity index (χ3n) is 6.82. The largest absolute Gasteiger partial charge is 0.573 e. The molecule has 0 amide bonds. The maximum absolute atomic E-state index is 12.6. The molecule has 2 aliphatic carbocycles. The quantitative estimate of drug-likeness (QED) is 0.504. The number of nitrogens with zero attached hydrogens (tertiary/aromatic N) is 1. The number of rotatable bonds is 6. The van der Waals surface area contributed by atoms with E-state index in [1.165, 1.54) is 30.2 Å². The van der Waals surface area contributed by atoms with E-state index in [1.807, 2.05) is 6.92 Å². The summed E-state index contributed by atoms with van der Waals surface area (Å²) in [7, 11) is 0. The Morgan fingerprint density at radius 1 is 1.15 bits per heavy atom. The summed E-state index contributed by atoms with van der Waals surface area (Å²) in [6.45, 7) is 3.12. The van der Waals surface area contributed by atoms with E-state index in [4.69, 9.17) is 10.7 Å². The van der Waals surface area contributed by atoms with Crippen LogP contribution in [0, 0.1) is 5.92 Å². The number of ether oxygens (including phenoxy) is 1. The number of hydrogen-bond acceptors (Lipinski definition) is 4. The molecule has 3 aliphatic rings. The predicted octanol–water partition coefficient (Wildman–Crippen LogP) is 4.29. The summed E-state index contributed by atoms with van der Waals surface area (Å²) in [5.74, 6) is 1.12. The molecule has 1 aromatic carbocycles. The average molecular weight is 466 g/mol. The van der Waals surface area contributed by atoms with Gasteiger partial charge in [-0.3, -0.25) is 0 Å². The second-order valence-corrected chi connectivity index (χ2v) is 9.56. The molecule has 1 aromatic rings.